The molecule has 1 aromatic carbocycles. The molecule has 1 fully saturated rings. The molecule has 3 unspecified atom stereocenters. The van der Waals surface area contributed by atoms with Crippen LogP contribution >= 0.6 is 0 Å². The van der Waals surface area contributed by atoms with E-state index < -0.39 is 11.5 Å². The van der Waals surface area contributed by atoms with Gasteiger partial charge in [0.05, 0.1) is 5.92 Å². The van der Waals surface area contributed by atoms with E-state index >= 15 is 0 Å². The van der Waals surface area contributed by atoms with Gasteiger partial charge in [0.1, 0.15) is 5.54 Å². The standard InChI is InChI=1S/C16H22N2O3/c1-16(17,12-7-3-2-4-8-12)15(21)18-13-9-5-6-11(10-13)14(19)20/h2-4,7-8,11,13H,5-6,9-10,17H2,1H3,(H,18,21)(H,19,20). The van der Waals surface area contributed by atoms with Crippen molar-refractivity contribution < 1.29 is 14.7 Å². The van der Waals surface area contributed by atoms with Gasteiger partial charge < -0.3 is 16.2 Å². The summed E-state index contributed by atoms with van der Waals surface area (Å²) >= 11 is 0. The molecule has 0 saturated heterocycles. The third-order valence-corrected chi connectivity index (χ3v) is 4.20. The fourth-order valence-electron chi connectivity index (χ4n) is 2.80. The maximum Gasteiger partial charge on any atom is 0.306 e. The highest BCUT2D eigenvalue weighted by Gasteiger charge is 2.34. The van der Waals surface area contributed by atoms with Crippen LogP contribution in [0.1, 0.15) is 38.2 Å². The van der Waals surface area contributed by atoms with Crippen LogP contribution in [0.25, 0.3) is 0 Å². The van der Waals surface area contributed by atoms with Crippen molar-refractivity contribution in [1.82, 2.24) is 5.32 Å². The molecule has 1 aliphatic carbocycles. The van der Waals surface area contributed by atoms with E-state index in [9.17, 15) is 9.59 Å². The number of carboxylic acids is 1. The Morgan fingerprint density at radius 3 is 2.57 bits per heavy atom. The van der Waals surface area contributed by atoms with Crippen LogP contribution in [0, 0.1) is 5.92 Å². The van der Waals surface area contributed by atoms with Crippen LogP contribution in [0.5, 0.6) is 0 Å². The lowest BCUT2D eigenvalue weighted by Crippen LogP contribution is -2.53. The van der Waals surface area contributed by atoms with E-state index in [0.717, 1.165) is 18.4 Å². The number of hydrogen-bond acceptors (Lipinski definition) is 3. The Hall–Kier alpha value is -1.88. The molecule has 4 N–H and O–H groups in total. The van der Waals surface area contributed by atoms with E-state index in [2.05, 4.69) is 5.32 Å². The average molecular weight is 290 g/mol. The molecule has 2 rings (SSSR count). The highest BCUT2D eigenvalue weighted by Crippen LogP contribution is 2.25. The summed E-state index contributed by atoms with van der Waals surface area (Å²) in [6.45, 7) is 1.68. The number of hydrogen-bond donors (Lipinski definition) is 3. The number of carbonyl (C=O) groups is 2. The number of nitrogens with two attached hydrogens (primary N) is 1. The molecule has 0 aromatic heterocycles. The minimum atomic E-state index is -1.11. The molecule has 3 atom stereocenters. The van der Waals surface area contributed by atoms with Crippen molar-refractivity contribution in [1.29, 1.82) is 0 Å². The second kappa shape index (κ2) is 6.26. The Morgan fingerprint density at radius 2 is 1.95 bits per heavy atom. The maximum absolute atomic E-state index is 12.4. The van der Waals surface area contributed by atoms with Crippen LogP contribution in [-0.2, 0) is 15.1 Å². The minimum absolute atomic E-state index is 0.112. The van der Waals surface area contributed by atoms with Crippen LogP contribution in [-0.4, -0.2) is 23.0 Å². The zero-order valence-electron chi connectivity index (χ0n) is 12.2. The van der Waals surface area contributed by atoms with E-state index in [0.29, 0.717) is 12.8 Å². The zero-order chi connectivity index (χ0) is 15.5. The minimum Gasteiger partial charge on any atom is -0.481 e. The second-order valence-electron chi connectivity index (χ2n) is 5.94. The summed E-state index contributed by atoms with van der Waals surface area (Å²) in [5.74, 6) is -1.41. The van der Waals surface area contributed by atoms with Gasteiger partial charge in [-0.25, -0.2) is 0 Å². The topological polar surface area (TPSA) is 92.4 Å². The van der Waals surface area contributed by atoms with Gasteiger partial charge in [0.25, 0.3) is 0 Å². The highest BCUT2D eigenvalue weighted by atomic mass is 16.4. The lowest BCUT2D eigenvalue weighted by Gasteiger charge is -2.31. The lowest BCUT2D eigenvalue weighted by molar-refractivity contribution is -0.143. The Balaban J connectivity index is 2.02. The summed E-state index contributed by atoms with van der Waals surface area (Å²) in [4.78, 5) is 23.5. The molecule has 1 saturated carbocycles. The largest absolute Gasteiger partial charge is 0.481 e. The van der Waals surface area contributed by atoms with Crippen molar-refractivity contribution in [2.45, 2.75) is 44.2 Å². The molecule has 0 radical (unpaired) electrons. The van der Waals surface area contributed by atoms with Crippen molar-refractivity contribution in [2.24, 2.45) is 11.7 Å². The molecule has 114 valence electrons. The molecule has 0 spiro atoms. The molecule has 0 aliphatic heterocycles. The number of amides is 1. The van der Waals surface area contributed by atoms with Crippen LogP contribution in [0.2, 0.25) is 0 Å². The fourth-order valence-corrected chi connectivity index (χ4v) is 2.80. The van der Waals surface area contributed by atoms with Gasteiger partial charge in [-0.05, 0) is 31.7 Å². The smallest absolute Gasteiger partial charge is 0.306 e. The van der Waals surface area contributed by atoms with Crippen molar-refractivity contribution in [2.75, 3.05) is 0 Å². The molecule has 5 nitrogen and oxygen atoms in total. The Morgan fingerprint density at radius 1 is 1.29 bits per heavy atom. The van der Waals surface area contributed by atoms with Crippen LogP contribution in [0.15, 0.2) is 30.3 Å². The van der Waals surface area contributed by atoms with Gasteiger partial charge in [-0.1, -0.05) is 36.8 Å². The predicted molar refractivity (Wildman–Crippen MR) is 79.5 cm³/mol. The summed E-state index contributed by atoms with van der Waals surface area (Å²) in [7, 11) is 0. The quantitative estimate of drug-likeness (QED) is 0.785. The predicted octanol–water partition coefficient (Wildman–Crippen LogP) is 1.62. The van der Waals surface area contributed by atoms with Gasteiger partial charge in [-0.2, -0.15) is 0 Å². The van der Waals surface area contributed by atoms with E-state index in [4.69, 9.17) is 10.8 Å². The van der Waals surface area contributed by atoms with Crippen molar-refractivity contribution >= 4 is 11.9 Å². The van der Waals surface area contributed by atoms with Gasteiger partial charge in [0.2, 0.25) is 5.91 Å². The van der Waals surface area contributed by atoms with Gasteiger partial charge in [-0.3, -0.25) is 9.59 Å². The molecule has 0 bridgehead atoms. The van der Waals surface area contributed by atoms with Crippen LogP contribution in [0.4, 0.5) is 0 Å². The Bertz CT molecular complexity index is 514. The molecule has 1 aromatic rings. The third kappa shape index (κ3) is 3.61. The molecule has 1 aliphatic rings. The Kier molecular flexibility index (Phi) is 4.63. The first-order valence-electron chi connectivity index (χ1n) is 7.29. The van der Waals surface area contributed by atoms with Crippen molar-refractivity contribution in [3.63, 3.8) is 0 Å². The second-order valence-corrected chi connectivity index (χ2v) is 5.94. The first-order chi connectivity index (χ1) is 9.91. The van der Waals surface area contributed by atoms with Crippen molar-refractivity contribution in [3.8, 4) is 0 Å². The Labute approximate surface area is 124 Å². The van der Waals surface area contributed by atoms with Gasteiger partial charge >= 0.3 is 5.97 Å². The number of carbonyl (C=O) groups excluding carboxylic acids is 1. The first kappa shape index (κ1) is 15.5. The number of carboxylic acid groups (broad SMARTS) is 1. The lowest BCUT2D eigenvalue weighted by atomic mass is 9.84. The average Bonchev–Trinajstić information content (AvgIpc) is 2.48. The van der Waals surface area contributed by atoms with Crippen LogP contribution in [0.3, 0.4) is 0 Å². The zero-order valence-corrected chi connectivity index (χ0v) is 12.2. The summed E-state index contributed by atoms with van der Waals surface area (Å²) in [6.07, 6.45) is 2.78. The van der Waals surface area contributed by atoms with E-state index in [1.165, 1.54) is 0 Å². The molecule has 1 amide bonds. The van der Waals surface area contributed by atoms with E-state index in [-0.39, 0.29) is 17.9 Å². The SMILES string of the molecule is CC(N)(C(=O)NC1CCCC(C(=O)O)C1)c1ccccc1. The summed E-state index contributed by atoms with van der Waals surface area (Å²) < 4.78 is 0. The maximum atomic E-state index is 12.4. The molecule has 21 heavy (non-hydrogen) atoms. The molecule has 0 heterocycles. The van der Waals surface area contributed by atoms with Gasteiger partial charge in [0, 0.05) is 6.04 Å². The third-order valence-electron chi connectivity index (χ3n) is 4.20. The van der Waals surface area contributed by atoms with Gasteiger partial charge in [-0.15, -0.1) is 0 Å². The summed E-state index contributed by atoms with van der Waals surface area (Å²) in [5, 5.41) is 12.0. The van der Waals surface area contributed by atoms with Gasteiger partial charge in [0.15, 0.2) is 0 Å². The van der Waals surface area contributed by atoms with E-state index in [1.807, 2.05) is 30.3 Å². The number of rotatable bonds is 4. The van der Waals surface area contributed by atoms with Crippen molar-refractivity contribution in [3.05, 3.63) is 35.9 Å². The monoisotopic (exact) mass is 290 g/mol. The fraction of sp³-hybridized carbons (Fsp3) is 0.500. The van der Waals surface area contributed by atoms with Crippen LogP contribution < -0.4 is 11.1 Å². The normalized spacial score (nSPS) is 24.9. The molecular formula is C16H22N2O3. The number of aliphatic carboxylic acids is 1. The summed E-state index contributed by atoms with van der Waals surface area (Å²) in [5.41, 5.74) is 5.79. The highest BCUT2D eigenvalue weighted by molar-refractivity contribution is 5.87. The first-order valence-corrected chi connectivity index (χ1v) is 7.29. The van der Waals surface area contributed by atoms with E-state index in [1.54, 1.807) is 6.92 Å². The number of nitrogens with one attached hydrogen (secondary N) is 1. The number of benzene rings is 1. The molecular weight excluding hydrogens is 268 g/mol. The molecule has 5 heteroatoms. The summed E-state index contributed by atoms with van der Waals surface area (Å²) in [6, 6.07) is 9.08.